The zero-order valence-corrected chi connectivity index (χ0v) is 11.5. The zero-order chi connectivity index (χ0) is 14.0. The summed E-state index contributed by atoms with van der Waals surface area (Å²) in [7, 11) is 0. The molecule has 4 nitrogen and oxygen atoms in total. The molecule has 1 aromatic heterocycles. The van der Waals surface area contributed by atoms with Gasteiger partial charge in [-0.3, -0.25) is 0 Å². The lowest BCUT2D eigenvalue weighted by Crippen LogP contribution is -2.07. The van der Waals surface area contributed by atoms with E-state index < -0.39 is 5.97 Å². The first-order valence-electron chi connectivity index (χ1n) is 5.47. The van der Waals surface area contributed by atoms with E-state index in [1.807, 2.05) is 0 Å². The first-order chi connectivity index (χ1) is 8.95. The molecule has 1 heterocycles. The Labute approximate surface area is 120 Å². The van der Waals surface area contributed by atoms with Crippen LogP contribution in [0.4, 0.5) is 0 Å². The average molecular weight is 297 g/mol. The highest BCUT2D eigenvalue weighted by molar-refractivity contribution is 6.35. The molecule has 0 radical (unpaired) electrons. The fourth-order valence-electron chi connectivity index (χ4n) is 1.65. The maximum Gasteiger partial charge on any atom is 0.354 e. The normalized spacial score (nSPS) is 10.5. The number of rotatable bonds is 3. The molecular weight excluding hydrogens is 287 g/mol. The second kappa shape index (κ2) is 5.55. The number of aromatic nitrogens is 2. The van der Waals surface area contributed by atoms with Crippen LogP contribution in [0, 0.1) is 6.92 Å². The van der Waals surface area contributed by atoms with Crippen LogP contribution in [-0.4, -0.2) is 21.0 Å². The molecule has 0 fully saturated rings. The molecule has 19 heavy (non-hydrogen) atoms. The van der Waals surface area contributed by atoms with Crippen molar-refractivity contribution >= 4 is 29.2 Å². The van der Waals surface area contributed by atoms with Crippen LogP contribution in [0.25, 0.3) is 0 Å². The first-order valence-corrected chi connectivity index (χ1v) is 6.23. The minimum absolute atomic E-state index is 0.0208. The predicted octanol–water partition coefficient (Wildman–Crippen LogP) is 3.38. The summed E-state index contributed by atoms with van der Waals surface area (Å²) in [6.07, 6.45) is 0.359. The number of carboxylic acid groups (broad SMARTS) is 1. The molecule has 0 atom stereocenters. The van der Waals surface area contributed by atoms with Gasteiger partial charge in [-0.15, -0.1) is 0 Å². The number of hydrogen-bond donors (Lipinski definition) is 1. The maximum atomic E-state index is 10.9. The third-order valence-electron chi connectivity index (χ3n) is 2.48. The molecule has 0 amide bonds. The van der Waals surface area contributed by atoms with Gasteiger partial charge in [0.15, 0.2) is 5.69 Å². The van der Waals surface area contributed by atoms with Crippen LogP contribution in [0.5, 0.6) is 0 Å². The van der Waals surface area contributed by atoms with E-state index in [4.69, 9.17) is 28.3 Å². The number of nitrogens with zero attached hydrogens (tertiary/aromatic N) is 2. The van der Waals surface area contributed by atoms with Crippen LogP contribution in [0.1, 0.15) is 27.6 Å². The van der Waals surface area contributed by atoms with Gasteiger partial charge < -0.3 is 5.11 Å². The second-order valence-electron chi connectivity index (χ2n) is 4.03. The number of halogens is 2. The van der Waals surface area contributed by atoms with Crippen LogP contribution >= 0.6 is 23.2 Å². The molecular formula is C13H10Cl2N2O2. The molecule has 2 rings (SSSR count). The lowest BCUT2D eigenvalue weighted by atomic mass is 10.1. The summed E-state index contributed by atoms with van der Waals surface area (Å²) in [5.41, 5.74) is 1.38. The Hall–Kier alpha value is -1.65. The van der Waals surface area contributed by atoms with Crippen molar-refractivity contribution in [3.8, 4) is 0 Å². The standard InChI is InChI=1S/C13H10Cl2N2O2/c1-7-4-11(13(18)19)17-12(16-7)5-8-2-3-9(14)6-10(8)15/h2-4,6H,5H2,1H3,(H,18,19). The highest BCUT2D eigenvalue weighted by Crippen LogP contribution is 2.22. The predicted molar refractivity (Wildman–Crippen MR) is 73.0 cm³/mol. The summed E-state index contributed by atoms with van der Waals surface area (Å²) in [6, 6.07) is 6.55. The third kappa shape index (κ3) is 3.43. The van der Waals surface area contributed by atoms with E-state index >= 15 is 0 Å². The topological polar surface area (TPSA) is 63.1 Å². The summed E-state index contributed by atoms with van der Waals surface area (Å²) < 4.78 is 0. The number of carboxylic acids is 1. The Bertz CT molecular complexity index is 645. The van der Waals surface area contributed by atoms with E-state index in [-0.39, 0.29) is 5.69 Å². The van der Waals surface area contributed by atoms with Gasteiger partial charge in [0.25, 0.3) is 0 Å². The summed E-state index contributed by atoms with van der Waals surface area (Å²) in [5, 5.41) is 10.0. The summed E-state index contributed by atoms with van der Waals surface area (Å²) in [4.78, 5) is 19.1. The van der Waals surface area contributed by atoms with Crippen molar-refractivity contribution < 1.29 is 9.90 Å². The van der Waals surface area contributed by atoms with Gasteiger partial charge in [0, 0.05) is 22.2 Å². The van der Waals surface area contributed by atoms with E-state index in [1.54, 1.807) is 25.1 Å². The average Bonchev–Trinajstić information content (AvgIpc) is 2.32. The number of aromatic carboxylic acids is 1. The molecule has 0 aliphatic carbocycles. The van der Waals surface area contributed by atoms with Crippen LogP contribution in [0.3, 0.4) is 0 Å². The monoisotopic (exact) mass is 296 g/mol. The third-order valence-corrected chi connectivity index (χ3v) is 3.07. The molecule has 0 spiro atoms. The molecule has 1 N–H and O–H groups in total. The highest BCUT2D eigenvalue weighted by atomic mass is 35.5. The molecule has 0 saturated heterocycles. The molecule has 0 aliphatic heterocycles. The Kier molecular flexibility index (Phi) is 4.02. The van der Waals surface area contributed by atoms with E-state index in [2.05, 4.69) is 9.97 Å². The Morgan fingerprint density at radius 1 is 1.26 bits per heavy atom. The minimum atomic E-state index is -1.08. The summed E-state index contributed by atoms with van der Waals surface area (Å²) >= 11 is 11.9. The minimum Gasteiger partial charge on any atom is -0.477 e. The quantitative estimate of drug-likeness (QED) is 0.943. The fourth-order valence-corrected chi connectivity index (χ4v) is 2.13. The number of carbonyl (C=O) groups is 1. The molecule has 0 unspecified atom stereocenters. The number of hydrogen-bond acceptors (Lipinski definition) is 3. The van der Waals surface area contributed by atoms with E-state index in [0.717, 1.165) is 5.56 Å². The van der Waals surface area contributed by atoms with E-state index in [9.17, 15) is 4.79 Å². The van der Waals surface area contributed by atoms with Gasteiger partial charge in [-0.25, -0.2) is 14.8 Å². The zero-order valence-electron chi connectivity index (χ0n) is 10.0. The lowest BCUT2D eigenvalue weighted by molar-refractivity contribution is 0.0689. The van der Waals surface area contributed by atoms with Gasteiger partial charge in [-0.1, -0.05) is 29.3 Å². The Morgan fingerprint density at radius 2 is 2.00 bits per heavy atom. The highest BCUT2D eigenvalue weighted by Gasteiger charge is 2.10. The van der Waals surface area contributed by atoms with Crippen molar-refractivity contribution in [2.75, 3.05) is 0 Å². The maximum absolute atomic E-state index is 10.9. The van der Waals surface area contributed by atoms with Crippen molar-refractivity contribution in [3.63, 3.8) is 0 Å². The van der Waals surface area contributed by atoms with Gasteiger partial charge in [0.2, 0.25) is 0 Å². The van der Waals surface area contributed by atoms with Crippen LogP contribution in [0.15, 0.2) is 24.3 Å². The number of aryl methyl sites for hydroxylation is 1. The molecule has 0 saturated carbocycles. The van der Waals surface area contributed by atoms with E-state index in [1.165, 1.54) is 6.07 Å². The van der Waals surface area contributed by atoms with Crippen molar-refractivity contribution in [2.45, 2.75) is 13.3 Å². The molecule has 1 aromatic carbocycles. The second-order valence-corrected chi connectivity index (χ2v) is 4.87. The largest absolute Gasteiger partial charge is 0.477 e. The first kappa shape index (κ1) is 13.8. The van der Waals surface area contributed by atoms with Crippen molar-refractivity contribution in [1.29, 1.82) is 0 Å². The smallest absolute Gasteiger partial charge is 0.354 e. The lowest BCUT2D eigenvalue weighted by Gasteiger charge is -2.06. The van der Waals surface area contributed by atoms with Gasteiger partial charge in [0.1, 0.15) is 5.82 Å². The van der Waals surface area contributed by atoms with Crippen molar-refractivity contribution in [2.24, 2.45) is 0 Å². The molecule has 2 aromatic rings. The SMILES string of the molecule is Cc1cc(C(=O)O)nc(Cc2ccc(Cl)cc2Cl)n1. The van der Waals surface area contributed by atoms with Gasteiger partial charge in [-0.05, 0) is 30.7 Å². The van der Waals surface area contributed by atoms with Gasteiger partial charge in [0.05, 0.1) is 0 Å². The Balaban J connectivity index is 2.35. The van der Waals surface area contributed by atoms with Gasteiger partial charge in [-0.2, -0.15) is 0 Å². The fraction of sp³-hybridized carbons (Fsp3) is 0.154. The van der Waals surface area contributed by atoms with Crippen molar-refractivity contribution in [3.05, 3.63) is 57.1 Å². The summed E-state index contributed by atoms with van der Waals surface area (Å²) in [5.74, 6) is -0.657. The molecule has 98 valence electrons. The molecule has 0 aliphatic rings. The Morgan fingerprint density at radius 3 is 2.63 bits per heavy atom. The van der Waals surface area contributed by atoms with Gasteiger partial charge >= 0.3 is 5.97 Å². The van der Waals surface area contributed by atoms with E-state index in [0.29, 0.717) is 28.0 Å². The van der Waals surface area contributed by atoms with Crippen LogP contribution in [-0.2, 0) is 6.42 Å². The summed E-state index contributed by atoms with van der Waals surface area (Å²) in [6.45, 7) is 1.72. The van der Waals surface area contributed by atoms with Crippen LogP contribution in [0.2, 0.25) is 10.0 Å². The van der Waals surface area contributed by atoms with Crippen LogP contribution < -0.4 is 0 Å². The molecule has 6 heteroatoms. The number of benzene rings is 1. The molecule has 0 bridgehead atoms. The van der Waals surface area contributed by atoms with Crippen molar-refractivity contribution in [1.82, 2.24) is 9.97 Å².